The summed E-state index contributed by atoms with van der Waals surface area (Å²) in [6, 6.07) is 5.57. The lowest BCUT2D eigenvalue weighted by Crippen LogP contribution is -2.45. The minimum Gasteiger partial charge on any atom is -0.334 e. The summed E-state index contributed by atoms with van der Waals surface area (Å²) in [6.07, 6.45) is 3.26. The molecule has 0 aliphatic carbocycles. The van der Waals surface area contributed by atoms with Crippen LogP contribution >= 0.6 is 11.6 Å². The Labute approximate surface area is 133 Å². The highest BCUT2D eigenvalue weighted by molar-refractivity contribution is 6.30. The van der Waals surface area contributed by atoms with E-state index in [1.165, 1.54) is 0 Å². The quantitative estimate of drug-likeness (QED) is 0.909. The Morgan fingerprint density at radius 2 is 2.36 bits per heavy atom. The zero-order valence-electron chi connectivity index (χ0n) is 12.3. The molecule has 0 radical (unpaired) electrons. The zero-order valence-corrected chi connectivity index (χ0v) is 13.1. The number of fused-ring (bicyclic) bond motifs is 1. The van der Waals surface area contributed by atoms with Crippen LogP contribution in [0.1, 0.15) is 23.4 Å². The van der Waals surface area contributed by atoms with E-state index in [-0.39, 0.29) is 12.1 Å². The SMILES string of the molecule is Cc1ccc(Cl)cc1CNC(=O)NC1CCc2ncnn2C1. The van der Waals surface area contributed by atoms with Crippen molar-refractivity contribution in [2.75, 3.05) is 0 Å². The van der Waals surface area contributed by atoms with E-state index in [1.807, 2.05) is 29.8 Å². The molecule has 2 amide bonds. The summed E-state index contributed by atoms with van der Waals surface area (Å²) in [7, 11) is 0. The maximum atomic E-state index is 12.0. The van der Waals surface area contributed by atoms with Gasteiger partial charge in [-0.05, 0) is 36.6 Å². The maximum Gasteiger partial charge on any atom is 0.315 e. The smallest absolute Gasteiger partial charge is 0.315 e. The molecule has 22 heavy (non-hydrogen) atoms. The molecule has 6 nitrogen and oxygen atoms in total. The van der Waals surface area contributed by atoms with E-state index in [9.17, 15) is 4.79 Å². The topological polar surface area (TPSA) is 71.8 Å². The maximum absolute atomic E-state index is 12.0. The molecular weight excluding hydrogens is 302 g/mol. The van der Waals surface area contributed by atoms with E-state index in [4.69, 9.17) is 11.6 Å². The van der Waals surface area contributed by atoms with Gasteiger partial charge in [0.2, 0.25) is 0 Å². The number of carbonyl (C=O) groups is 1. The largest absolute Gasteiger partial charge is 0.334 e. The van der Waals surface area contributed by atoms with Crippen LogP contribution in [0.25, 0.3) is 0 Å². The molecule has 0 bridgehead atoms. The van der Waals surface area contributed by atoms with Crippen molar-refractivity contribution in [2.45, 2.75) is 38.9 Å². The summed E-state index contributed by atoms with van der Waals surface area (Å²) in [5.74, 6) is 0.980. The van der Waals surface area contributed by atoms with Gasteiger partial charge in [0.1, 0.15) is 12.2 Å². The first-order valence-corrected chi connectivity index (χ1v) is 7.65. The van der Waals surface area contributed by atoms with Gasteiger partial charge >= 0.3 is 6.03 Å². The highest BCUT2D eigenvalue weighted by Gasteiger charge is 2.21. The third kappa shape index (κ3) is 3.39. The number of hydrogen-bond donors (Lipinski definition) is 2. The monoisotopic (exact) mass is 319 g/mol. The van der Waals surface area contributed by atoms with Crippen molar-refractivity contribution in [1.82, 2.24) is 25.4 Å². The first kappa shape index (κ1) is 14.8. The third-order valence-electron chi connectivity index (χ3n) is 3.89. The van der Waals surface area contributed by atoms with Gasteiger partial charge in [0, 0.05) is 18.0 Å². The summed E-state index contributed by atoms with van der Waals surface area (Å²) >= 11 is 5.98. The standard InChI is InChI=1S/C15H18ClN5O/c1-10-2-3-12(16)6-11(10)7-17-15(22)20-13-4-5-14-18-9-19-21(14)8-13/h2-3,6,9,13H,4-5,7-8H2,1H3,(H2,17,20,22). The number of carbonyl (C=O) groups excluding carboxylic acids is 1. The minimum absolute atomic E-state index is 0.0784. The van der Waals surface area contributed by atoms with Crippen LogP contribution in [0.3, 0.4) is 0 Å². The van der Waals surface area contributed by atoms with Crippen molar-refractivity contribution in [3.63, 3.8) is 0 Å². The van der Waals surface area contributed by atoms with Crippen LogP contribution in [0.15, 0.2) is 24.5 Å². The molecule has 0 saturated carbocycles. The van der Waals surface area contributed by atoms with Gasteiger partial charge in [-0.25, -0.2) is 14.5 Å². The Bertz CT molecular complexity index is 684. The van der Waals surface area contributed by atoms with Crippen LogP contribution in [0.4, 0.5) is 4.79 Å². The number of hydrogen-bond acceptors (Lipinski definition) is 3. The number of benzene rings is 1. The number of rotatable bonds is 3. The molecule has 0 saturated heterocycles. The van der Waals surface area contributed by atoms with Crippen molar-refractivity contribution in [3.05, 3.63) is 46.5 Å². The van der Waals surface area contributed by atoms with Gasteiger partial charge in [-0.15, -0.1) is 0 Å². The summed E-state index contributed by atoms with van der Waals surface area (Å²) in [5, 5.41) is 10.7. The molecule has 1 aromatic heterocycles. The Morgan fingerprint density at radius 3 is 3.23 bits per heavy atom. The van der Waals surface area contributed by atoms with Crippen molar-refractivity contribution < 1.29 is 4.79 Å². The molecule has 1 unspecified atom stereocenters. The third-order valence-corrected chi connectivity index (χ3v) is 4.13. The molecule has 1 aliphatic heterocycles. The lowest BCUT2D eigenvalue weighted by molar-refractivity contribution is 0.231. The first-order valence-electron chi connectivity index (χ1n) is 7.28. The molecule has 2 N–H and O–H groups in total. The molecule has 0 fully saturated rings. The van der Waals surface area contributed by atoms with Crippen molar-refractivity contribution in [2.24, 2.45) is 0 Å². The molecule has 3 rings (SSSR count). The average molecular weight is 320 g/mol. The molecule has 0 spiro atoms. The molecule has 116 valence electrons. The number of nitrogens with zero attached hydrogens (tertiary/aromatic N) is 3. The van der Waals surface area contributed by atoms with Gasteiger partial charge in [-0.2, -0.15) is 5.10 Å². The Kier molecular flexibility index (Phi) is 4.29. The van der Waals surface area contributed by atoms with E-state index in [2.05, 4.69) is 20.7 Å². The van der Waals surface area contributed by atoms with E-state index >= 15 is 0 Å². The number of halogens is 1. The van der Waals surface area contributed by atoms with Crippen LogP contribution in [-0.2, 0) is 19.5 Å². The van der Waals surface area contributed by atoms with Gasteiger partial charge in [-0.1, -0.05) is 17.7 Å². The summed E-state index contributed by atoms with van der Waals surface area (Å²) in [6.45, 7) is 3.12. The van der Waals surface area contributed by atoms with Crippen LogP contribution in [0.2, 0.25) is 5.02 Å². The van der Waals surface area contributed by atoms with Crippen LogP contribution < -0.4 is 10.6 Å². The molecule has 1 atom stereocenters. The first-order chi connectivity index (χ1) is 10.6. The second-order valence-electron chi connectivity index (χ2n) is 5.49. The number of aryl methyl sites for hydroxylation is 2. The number of amides is 2. The van der Waals surface area contributed by atoms with Gasteiger partial charge in [0.05, 0.1) is 12.6 Å². The van der Waals surface area contributed by atoms with Gasteiger partial charge < -0.3 is 10.6 Å². The Hall–Kier alpha value is -2.08. The van der Waals surface area contributed by atoms with Crippen molar-refractivity contribution >= 4 is 17.6 Å². The highest BCUT2D eigenvalue weighted by atomic mass is 35.5. The lowest BCUT2D eigenvalue weighted by atomic mass is 10.1. The fourth-order valence-electron chi connectivity index (χ4n) is 2.60. The van der Waals surface area contributed by atoms with Gasteiger partial charge in [0.15, 0.2) is 0 Å². The number of nitrogens with one attached hydrogen (secondary N) is 2. The van der Waals surface area contributed by atoms with Crippen LogP contribution in [0.5, 0.6) is 0 Å². The average Bonchev–Trinajstić information content (AvgIpc) is 2.96. The summed E-state index contributed by atoms with van der Waals surface area (Å²) in [5.41, 5.74) is 2.12. The second kappa shape index (κ2) is 6.36. The summed E-state index contributed by atoms with van der Waals surface area (Å²) < 4.78 is 1.84. The predicted molar refractivity (Wildman–Crippen MR) is 83.7 cm³/mol. The van der Waals surface area contributed by atoms with E-state index in [0.717, 1.165) is 29.8 Å². The van der Waals surface area contributed by atoms with Crippen molar-refractivity contribution in [1.29, 1.82) is 0 Å². The molecule has 1 aromatic carbocycles. The molecule has 2 aromatic rings. The normalized spacial score (nSPS) is 16.9. The molecule has 2 heterocycles. The van der Waals surface area contributed by atoms with E-state index < -0.39 is 0 Å². The highest BCUT2D eigenvalue weighted by Crippen LogP contribution is 2.15. The summed E-state index contributed by atoms with van der Waals surface area (Å²) in [4.78, 5) is 16.2. The fraction of sp³-hybridized carbons (Fsp3) is 0.400. The van der Waals surface area contributed by atoms with Crippen LogP contribution in [-0.4, -0.2) is 26.8 Å². The number of urea groups is 1. The van der Waals surface area contributed by atoms with Crippen LogP contribution in [0, 0.1) is 6.92 Å². The fourth-order valence-corrected chi connectivity index (χ4v) is 2.79. The van der Waals surface area contributed by atoms with E-state index in [0.29, 0.717) is 18.1 Å². The predicted octanol–water partition coefficient (Wildman–Crippen LogP) is 2.05. The Balaban J connectivity index is 1.52. The van der Waals surface area contributed by atoms with E-state index in [1.54, 1.807) is 6.33 Å². The molecular formula is C15H18ClN5O. The number of aromatic nitrogens is 3. The van der Waals surface area contributed by atoms with Crippen molar-refractivity contribution in [3.8, 4) is 0 Å². The molecule has 1 aliphatic rings. The lowest BCUT2D eigenvalue weighted by Gasteiger charge is -2.23. The minimum atomic E-state index is -0.173. The van der Waals surface area contributed by atoms with Gasteiger partial charge in [-0.3, -0.25) is 0 Å². The Morgan fingerprint density at radius 1 is 1.50 bits per heavy atom. The zero-order chi connectivity index (χ0) is 15.5. The second-order valence-corrected chi connectivity index (χ2v) is 5.93. The molecule has 7 heteroatoms. The van der Waals surface area contributed by atoms with Gasteiger partial charge in [0.25, 0.3) is 0 Å².